The smallest absolute Gasteiger partial charge is 0.0706 e. The Balaban J connectivity index is 3.29. The minimum Gasteiger partial charge on any atom is -0.380 e. The van der Waals surface area contributed by atoms with Crippen molar-refractivity contribution >= 4 is 0 Å². The molecule has 0 aromatic heterocycles. The minimum absolute atomic E-state index is 0.181. The molecule has 50 valence electrons. The number of hydrogen-bond donors (Lipinski definition) is 2. The molecular weight excluding hydrogens is 104 g/mol. The normalized spacial score (nSPS) is 18.0. The number of hydrazine groups is 1. The van der Waals surface area contributed by atoms with Gasteiger partial charge in [-0.05, 0) is 13.8 Å². The monoisotopic (exact) mass is 118 g/mol. The summed E-state index contributed by atoms with van der Waals surface area (Å²) >= 11 is 0. The Bertz CT molecular complexity index is 50.4. The van der Waals surface area contributed by atoms with Crippen molar-refractivity contribution in [2.45, 2.75) is 26.0 Å². The first-order valence-electron chi connectivity index (χ1n) is 2.71. The Morgan fingerprint density at radius 3 is 2.12 bits per heavy atom. The van der Waals surface area contributed by atoms with E-state index in [4.69, 9.17) is 10.6 Å². The molecule has 0 aliphatic rings. The molecule has 0 amide bonds. The molecule has 2 atom stereocenters. The van der Waals surface area contributed by atoms with E-state index in [1.807, 2.05) is 13.8 Å². The molecule has 0 aromatic rings. The lowest BCUT2D eigenvalue weighted by molar-refractivity contribution is 0.0890. The molecule has 3 nitrogen and oxygen atoms in total. The maximum absolute atomic E-state index is 5.12. The molecule has 3 N–H and O–H groups in total. The van der Waals surface area contributed by atoms with Gasteiger partial charge in [0.05, 0.1) is 6.10 Å². The number of nitrogens with one attached hydrogen (secondary N) is 1. The van der Waals surface area contributed by atoms with Crippen LogP contribution in [0.4, 0.5) is 0 Å². The Kier molecular flexibility index (Phi) is 3.77. The zero-order valence-electron chi connectivity index (χ0n) is 5.64. The van der Waals surface area contributed by atoms with Crippen LogP contribution < -0.4 is 11.3 Å². The molecule has 0 spiro atoms. The second-order valence-electron chi connectivity index (χ2n) is 1.90. The van der Waals surface area contributed by atoms with Gasteiger partial charge in [-0.1, -0.05) is 0 Å². The molecule has 0 aromatic carbocycles. The van der Waals surface area contributed by atoms with E-state index >= 15 is 0 Å². The quantitative estimate of drug-likeness (QED) is 0.401. The zero-order valence-corrected chi connectivity index (χ0v) is 5.64. The van der Waals surface area contributed by atoms with E-state index in [0.29, 0.717) is 0 Å². The van der Waals surface area contributed by atoms with Crippen molar-refractivity contribution in [1.82, 2.24) is 5.43 Å². The first-order chi connectivity index (χ1) is 3.72. The van der Waals surface area contributed by atoms with Gasteiger partial charge in [-0.15, -0.1) is 0 Å². The van der Waals surface area contributed by atoms with Gasteiger partial charge < -0.3 is 4.74 Å². The van der Waals surface area contributed by atoms with Crippen molar-refractivity contribution in [2.24, 2.45) is 5.84 Å². The van der Waals surface area contributed by atoms with E-state index in [-0.39, 0.29) is 12.1 Å². The molecular formula is C5H14N2O. The number of hydrogen-bond acceptors (Lipinski definition) is 3. The van der Waals surface area contributed by atoms with Gasteiger partial charge in [-0.3, -0.25) is 11.3 Å². The van der Waals surface area contributed by atoms with E-state index < -0.39 is 0 Å². The van der Waals surface area contributed by atoms with Gasteiger partial charge >= 0.3 is 0 Å². The maximum Gasteiger partial charge on any atom is 0.0706 e. The number of ether oxygens (including phenoxy) is 1. The summed E-state index contributed by atoms with van der Waals surface area (Å²) in [5.74, 6) is 5.12. The van der Waals surface area contributed by atoms with Gasteiger partial charge in [0.25, 0.3) is 0 Å². The van der Waals surface area contributed by atoms with E-state index in [1.54, 1.807) is 7.11 Å². The third-order valence-corrected chi connectivity index (χ3v) is 1.34. The molecule has 0 rings (SSSR count). The predicted molar refractivity (Wildman–Crippen MR) is 33.3 cm³/mol. The number of rotatable bonds is 3. The van der Waals surface area contributed by atoms with Crippen LogP contribution >= 0.6 is 0 Å². The molecule has 8 heavy (non-hydrogen) atoms. The van der Waals surface area contributed by atoms with Gasteiger partial charge in [0.1, 0.15) is 0 Å². The van der Waals surface area contributed by atoms with Crippen LogP contribution in [0.3, 0.4) is 0 Å². The zero-order chi connectivity index (χ0) is 6.57. The van der Waals surface area contributed by atoms with E-state index in [1.165, 1.54) is 0 Å². The molecule has 0 saturated carbocycles. The highest BCUT2D eigenvalue weighted by molar-refractivity contribution is 4.62. The summed E-state index contributed by atoms with van der Waals surface area (Å²) < 4.78 is 4.96. The Hall–Kier alpha value is -0.120. The molecule has 0 aliphatic carbocycles. The topological polar surface area (TPSA) is 47.3 Å². The lowest BCUT2D eigenvalue weighted by Gasteiger charge is -2.16. The molecule has 0 heterocycles. The lowest BCUT2D eigenvalue weighted by atomic mass is 10.2. The van der Waals surface area contributed by atoms with Crippen LogP contribution in [0.15, 0.2) is 0 Å². The molecule has 0 fully saturated rings. The van der Waals surface area contributed by atoms with Gasteiger partial charge in [0.15, 0.2) is 0 Å². The fraction of sp³-hybridized carbons (Fsp3) is 1.00. The van der Waals surface area contributed by atoms with Gasteiger partial charge in [0.2, 0.25) is 0 Å². The van der Waals surface area contributed by atoms with Crippen molar-refractivity contribution in [3.05, 3.63) is 0 Å². The number of nitrogens with two attached hydrogens (primary N) is 1. The number of methoxy groups -OCH3 is 1. The van der Waals surface area contributed by atoms with Crippen LogP contribution in [0.1, 0.15) is 13.8 Å². The maximum atomic E-state index is 5.12. The van der Waals surface area contributed by atoms with E-state index in [2.05, 4.69) is 5.43 Å². The second-order valence-corrected chi connectivity index (χ2v) is 1.90. The van der Waals surface area contributed by atoms with Gasteiger partial charge in [-0.2, -0.15) is 0 Å². The molecule has 0 bridgehead atoms. The van der Waals surface area contributed by atoms with Crippen LogP contribution in [0, 0.1) is 0 Å². The summed E-state index contributed by atoms with van der Waals surface area (Å²) in [4.78, 5) is 0. The van der Waals surface area contributed by atoms with Gasteiger partial charge in [-0.25, -0.2) is 0 Å². The van der Waals surface area contributed by atoms with Crippen molar-refractivity contribution in [3.63, 3.8) is 0 Å². The first-order valence-corrected chi connectivity index (χ1v) is 2.71. The van der Waals surface area contributed by atoms with Crippen LogP contribution in [0.5, 0.6) is 0 Å². The van der Waals surface area contributed by atoms with E-state index in [0.717, 1.165) is 0 Å². The SMILES string of the molecule is COC(C)[C@@H](C)NN. The van der Waals surface area contributed by atoms with Crippen molar-refractivity contribution in [1.29, 1.82) is 0 Å². The van der Waals surface area contributed by atoms with Crippen molar-refractivity contribution in [3.8, 4) is 0 Å². The standard InChI is InChI=1S/C5H14N2O/c1-4(7-6)5(2)8-3/h4-5,7H,6H2,1-3H3/t4-,5?/m1/s1. The van der Waals surface area contributed by atoms with Crippen LogP contribution in [0.2, 0.25) is 0 Å². The molecule has 0 saturated heterocycles. The van der Waals surface area contributed by atoms with Crippen LogP contribution in [-0.4, -0.2) is 19.3 Å². The average molecular weight is 118 g/mol. The van der Waals surface area contributed by atoms with Crippen molar-refractivity contribution < 1.29 is 4.74 Å². The summed E-state index contributed by atoms with van der Waals surface area (Å²) in [6, 6.07) is 0.222. The Labute approximate surface area is 50.2 Å². The first kappa shape index (κ1) is 7.88. The molecule has 1 unspecified atom stereocenters. The summed E-state index contributed by atoms with van der Waals surface area (Å²) in [5.41, 5.74) is 2.59. The lowest BCUT2D eigenvalue weighted by Crippen LogP contribution is -2.40. The second kappa shape index (κ2) is 3.83. The highest BCUT2D eigenvalue weighted by atomic mass is 16.5. The average Bonchev–Trinajstić information content (AvgIpc) is 1.84. The third kappa shape index (κ3) is 2.26. The summed E-state index contributed by atoms with van der Waals surface area (Å²) in [5, 5.41) is 0. The Morgan fingerprint density at radius 2 is 2.00 bits per heavy atom. The fourth-order valence-electron chi connectivity index (χ4n) is 0.340. The van der Waals surface area contributed by atoms with Crippen LogP contribution in [0.25, 0.3) is 0 Å². The highest BCUT2D eigenvalue weighted by Crippen LogP contribution is 1.92. The minimum atomic E-state index is 0.181. The fourth-order valence-corrected chi connectivity index (χ4v) is 0.340. The van der Waals surface area contributed by atoms with Gasteiger partial charge in [0, 0.05) is 13.2 Å². The molecule has 0 radical (unpaired) electrons. The summed E-state index contributed by atoms with van der Waals surface area (Å²) in [6.07, 6.45) is 0.181. The highest BCUT2D eigenvalue weighted by Gasteiger charge is 2.06. The van der Waals surface area contributed by atoms with E-state index in [9.17, 15) is 0 Å². The Morgan fingerprint density at radius 1 is 1.50 bits per heavy atom. The largest absolute Gasteiger partial charge is 0.380 e. The molecule has 3 heteroatoms. The summed E-state index contributed by atoms with van der Waals surface area (Å²) in [6.45, 7) is 3.93. The predicted octanol–water partition coefficient (Wildman–Crippen LogP) is -0.127. The van der Waals surface area contributed by atoms with Crippen LogP contribution in [-0.2, 0) is 4.74 Å². The molecule has 0 aliphatic heterocycles. The summed E-state index contributed by atoms with van der Waals surface area (Å²) in [7, 11) is 1.67. The third-order valence-electron chi connectivity index (χ3n) is 1.34. The van der Waals surface area contributed by atoms with Crippen molar-refractivity contribution in [2.75, 3.05) is 7.11 Å².